The van der Waals surface area contributed by atoms with Gasteiger partial charge in [0.2, 0.25) is 5.91 Å². The normalized spacial score (nSPS) is 30.3. The largest absolute Gasteiger partial charge is 0.274 e. The van der Waals surface area contributed by atoms with Gasteiger partial charge in [0, 0.05) is 11.6 Å². The number of benzene rings is 1. The molecule has 0 radical (unpaired) electrons. The van der Waals surface area contributed by atoms with E-state index < -0.39 is 0 Å². The summed E-state index contributed by atoms with van der Waals surface area (Å²) in [5.74, 6) is 0.750. The van der Waals surface area contributed by atoms with Gasteiger partial charge < -0.3 is 0 Å². The van der Waals surface area contributed by atoms with Crippen molar-refractivity contribution in [2.75, 3.05) is 4.90 Å². The highest BCUT2D eigenvalue weighted by Gasteiger charge is 2.48. The fourth-order valence-corrected chi connectivity index (χ4v) is 3.74. The van der Waals surface area contributed by atoms with Gasteiger partial charge >= 0.3 is 0 Å². The summed E-state index contributed by atoms with van der Waals surface area (Å²) >= 11 is 5.61. The lowest BCUT2D eigenvalue weighted by Crippen LogP contribution is -2.30. The summed E-state index contributed by atoms with van der Waals surface area (Å²) in [6.07, 6.45) is 3.02. The third-order valence-electron chi connectivity index (χ3n) is 4.44. The molecule has 3 rings (SSSR count). The third kappa shape index (κ3) is 1.84. The molecule has 98 valence electrons. The van der Waals surface area contributed by atoms with Gasteiger partial charge in [-0.25, -0.2) is 0 Å². The van der Waals surface area contributed by atoms with Crippen molar-refractivity contribution in [2.45, 2.75) is 20.3 Å². The molecule has 0 spiro atoms. The molecule has 1 aromatic rings. The van der Waals surface area contributed by atoms with Crippen LogP contribution in [0.4, 0.5) is 5.69 Å². The molecule has 1 amide bonds. The first kappa shape index (κ1) is 12.5. The molecule has 0 saturated carbocycles. The van der Waals surface area contributed by atoms with Gasteiger partial charge in [0.05, 0.1) is 10.9 Å². The molecule has 2 nitrogen and oxygen atoms in total. The first-order valence-electron chi connectivity index (χ1n) is 6.70. The first-order valence-corrected chi connectivity index (χ1v) is 7.11. The molecule has 1 aliphatic carbocycles. The average Bonchev–Trinajstić information content (AvgIpc) is 2.67. The number of carbonyl (C=O) groups excluding carboxylic acids is 1. The molecule has 19 heavy (non-hydrogen) atoms. The Bertz CT molecular complexity index is 563. The van der Waals surface area contributed by atoms with Crippen molar-refractivity contribution in [1.82, 2.24) is 0 Å². The van der Waals surface area contributed by atoms with Crippen LogP contribution in [0.2, 0.25) is 0 Å². The molecular weight excluding hydrogens is 254 g/mol. The highest BCUT2D eigenvalue weighted by Crippen LogP contribution is 2.43. The van der Waals surface area contributed by atoms with Crippen LogP contribution in [-0.4, -0.2) is 10.9 Å². The fraction of sp³-hybridized carbons (Fsp3) is 0.375. The second-order valence-electron chi connectivity index (χ2n) is 5.45. The predicted molar refractivity (Wildman–Crippen MR) is 81.0 cm³/mol. The number of hydrogen-bond acceptors (Lipinski definition) is 2. The van der Waals surface area contributed by atoms with Crippen LogP contribution in [0.3, 0.4) is 0 Å². The molecule has 0 unspecified atom stereocenters. The quantitative estimate of drug-likeness (QED) is 0.575. The van der Waals surface area contributed by atoms with Gasteiger partial charge in [-0.3, -0.25) is 9.69 Å². The van der Waals surface area contributed by atoms with Gasteiger partial charge in [-0.15, -0.1) is 0 Å². The molecule has 0 aromatic heterocycles. The van der Waals surface area contributed by atoms with Crippen molar-refractivity contribution in [3.05, 3.63) is 42.0 Å². The van der Waals surface area contributed by atoms with E-state index in [0.717, 1.165) is 17.1 Å². The molecule has 1 aliphatic heterocycles. The number of nitrogens with zero attached hydrogens (tertiary/aromatic N) is 1. The zero-order valence-electron chi connectivity index (χ0n) is 11.2. The summed E-state index contributed by atoms with van der Waals surface area (Å²) in [6.45, 7) is 4.32. The van der Waals surface area contributed by atoms with Crippen molar-refractivity contribution in [3.8, 4) is 0 Å². The van der Waals surface area contributed by atoms with E-state index in [-0.39, 0.29) is 17.7 Å². The minimum absolute atomic E-state index is 0.0337. The van der Waals surface area contributed by atoms with E-state index in [1.165, 1.54) is 5.57 Å². The van der Waals surface area contributed by atoms with Crippen LogP contribution < -0.4 is 4.90 Å². The lowest BCUT2D eigenvalue weighted by molar-refractivity contribution is -0.121. The van der Waals surface area contributed by atoms with Gasteiger partial charge in [-0.1, -0.05) is 49.0 Å². The molecule has 2 aliphatic rings. The number of amides is 1. The SMILES string of the molecule is CC1=CC[C@@H]2C(=O)N(c3ccccc3)C(=S)[C@@H]2[C@@H]1C. The van der Waals surface area contributed by atoms with E-state index in [1.807, 2.05) is 30.3 Å². The van der Waals surface area contributed by atoms with Crippen molar-refractivity contribution in [1.29, 1.82) is 0 Å². The Morgan fingerprint density at radius 3 is 2.63 bits per heavy atom. The van der Waals surface area contributed by atoms with E-state index in [2.05, 4.69) is 19.9 Å². The molecule has 3 atom stereocenters. The summed E-state index contributed by atoms with van der Waals surface area (Å²) in [6, 6.07) is 9.74. The van der Waals surface area contributed by atoms with Gasteiger partial charge in [0.25, 0.3) is 0 Å². The maximum atomic E-state index is 12.6. The van der Waals surface area contributed by atoms with E-state index in [1.54, 1.807) is 4.90 Å². The third-order valence-corrected chi connectivity index (χ3v) is 4.90. The maximum absolute atomic E-state index is 12.6. The lowest BCUT2D eigenvalue weighted by Gasteiger charge is -2.28. The van der Waals surface area contributed by atoms with Crippen molar-refractivity contribution in [2.24, 2.45) is 17.8 Å². The standard InChI is InChI=1S/C16H17NOS/c1-10-8-9-13-14(11(10)2)16(19)17(15(13)18)12-6-4-3-5-7-12/h3-8,11,13-14H,9H2,1-2H3/t11-,13+,14-/m1/s1. The monoisotopic (exact) mass is 271 g/mol. The zero-order valence-corrected chi connectivity index (χ0v) is 12.0. The number of hydrogen-bond donors (Lipinski definition) is 0. The molecular formula is C16H17NOS. The number of anilines is 1. The molecule has 3 heteroatoms. The van der Waals surface area contributed by atoms with Crippen LogP contribution in [0.1, 0.15) is 20.3 Å². The smallest absolute Gasteiger partial charge is 0.236 e. The minimum atomic E-state index is 0.0337. The summed E-state index contributed by atoms with van der Waals surface area (Å²) in [5, 5.41) is 0. The number of rotatable bonds is 1. The van der Waals surface area contributed by atoms with Crippen LogP contribution in [-0.2, 0) is 4.79 Å². The molecule has 1 fully saturated rings. The Labute approximate surface area is 119 Å². The molecule has 1 heterocycles. The van der Waals surface area contributed by atoms with Crippen molar-refractivity contribution < 1.29 is 4.79 Å². The molecule has 0 N–H and O–H groups in total. The van der Waals surface area contributed by atoms with Crippen LogP contribution in [0.15, 0.2) is 42.0 Å². The number of thiocarbonyl (C=S) groups is 1. The highest BCUT2D eigenvalue weighted by molar-refractivity contribution is 7.80. The van der Waals surface area contributed by atoms with Gasteiger partial charge in [-0.2, -0.15) is 0 Å². The van der Waals surface area contributed by atoms with Crippen molar-refractivity contribution >= 4 is 28.8 Å². The van der Waals surface area contributed by atoms with Crippen LogP contribution >= 0.6 is 12.2 Å². The number of allylic oxidation sites excluding steroid dienone is 2. The van der Waals surface area contributed by atoms with Crippen molar-refractivity contribution in [3.63, 3.8) is 0 Å². The molecule has 1 saturated heterocycles. The minimum Gasteiger partial charge on any atom is -0.274 e. The van der Waals surface area contributed by atoms with Gasteiger partial charge in [0.15, 0.2) is 0 Å². The zero-order chi connectivity index (χ0) is 13.6. The highest BCUT2D eigenvalue weighted by atomic mass is 32.1. The molecule has 0 bridgehead atoms. The Morgan fingerprint density at radius 2 is 1.95 bits per heavy atom. The van der Waals surface area contributed by atoms with E-state index in [9.17, 15) is 4.79 Å². The fourth-order valence-electron chi connectivity index (χ4n) is 3.17. The Balaban J connectivity index is 2.00. The average molecular weight is 271 g/mol. The lowest BCUT2D eigenvalue weighted by atomic mass is 9.75. The van der Waals surface area contributed by atoms with E-state index in [4.69, 9.17) is 12.2 Å². The summed E-state index contributed by atoms with van der Waals surface area (Å²) < 4.78 is 0. The van der Waals surface area contributed by atoms with Crippen LogP contribution in [0.5, 0.6) is 0 Å². The number of fused-ring (bicyclic) bond motifs is 1. The predicted octanol–water partition coefficient (Wildman–Crippen LogP) is 3.58. The van der Waals surface area contributed by atoms with Crippen LogP contribution in [0, 0.1) is 17.8 Å². The summed E-state index contributed by atoms with van der Waals surface area (Å²) in [7, 11) is 0. The van der Waals surface area contributed by atoms with Gasteiger partial charge in [0.1, 0.15) is 0 Å². The molecule has 1 aromatic carbocycles. The summed E-state index contributed by atoms with van der Waals surface area (Å²) in [5.41, 5.74) is 2.25. The number of carbonyl (C=O) groups is 1. The first-order chi connectivity index (χ1) is 9.11. The Kier molecular flexibility index (Phi) is 3.02. The second kappa shape index (κ2) is 4.57. The summed E-state index contributed by atoms with van der Waals surface area (Å²) in [4.78, 5) is 15.1. The van der Waals surface area contributed by atoms with E-state index in [0.29, 0.717) is 5.92 Å². The van der Waals surface area contributed by atoms with E-state index >= 15 is 0 Å². The Morgan fingerprint density at radius 1 is 1.26 bits per heavy atom. The van der Waals surface area contributed by atoms with Crippen LogP contribution in [0.25, 0.3) is 0 Å². The maximum Gasteiger partial charge on any atom is 0.236 e. The second-order valence-corrected chi connectivity index (χ2v) is 5.87. The number of para-hydroxylation sites is 1. The Hall–Kier alpha value is -1.48. The van der Waals surface area contributed by atoms with Gasteiger partial charge in [-0.05, 0) is 31.4 Å². The topological polar surface area (TPSA) is 20.3 Å².